The lowest BCUT2D eigenvalue weighted by Gasteiger charge is -2.05. The maximum atomic E-state index is 11.6. The third-order valence-corrected chi connectivity index (χ3v) is 3.10. The molecule has 20 heavy (non-hydrogen) atoms. The van der Waals surface area contributed by atoms with E-state index in [4.69, 9.17) is 16.0 Å². The zero-order chi connectivity index (χ0) is 14.5. The minimum atomic E-state index is 0.0458. The van der Waals surface area contributed by atoms with Crippen molar-refractivity contribution in [2.75, 3.05) is 0 Å². The highest BCUT2D eigenvalue weighted by Gasteiger charge is 2.08. The molecule has 0 fully saturated rings. The number of rotatable bonds is 5. The fraction of sp³-hybridized carbons (Fsp3) is 0.312. The summed E-state index contributed by atoms with van der Waals surface area (Å²) < 4.78 is 5.71. The molecule has 0 atom stereocenters. The van der Waals surface area contributed by atoms with E-state index >= 15 is 0 Å². The minimum Gasteiger partial charge on any atom is -0.459 e. The van der Waals surface area contributed by atoms with Crippen molar-refractivity contribution in [1.29, 1.82) is 0 Å². The van der Waals surface area contributed by atoms with Crippen LogP contribution < -0.4 is 5.32 Å². The number of amides is 1. The fourth-order valence-corrected chi connectivity index (χ4v) is 2.00. The van der Waals surface area contributed by atoms with E-state index in [-0.39, 0.29) is 5.91 Å². The summed E-state index contributed by atoms with van der Waals surface area (Å²) in [6, 6.07) is 11.2. The molecule has 3 nitrogen and oxygen atoms in total. The van der Waals surface area contributed by atoms with Crippen LogP contribution in [0.25, 0.3) is 11.3 Å². The van der Waals surface area contributed by atoms with Crippen LogP contribution in [0.2, 0.25) is 5.02 Å². The molecule has 1 N–H and O–H groups in total. The van der Waals surface area contributed by atoms with E-state index in [1.54, 1.807) is 0 Å². The van der Waals surface area contributed by atoms with Crippen molar-refractivity contribution in [2.45, 2.75) is 26.8 Å². The Morgan fingerprint density at radius 3 is 2.55 bits per heavy atom. The van der Waals surface area contributed by atoms with Gasteiger partial charge in [0.25, 0.3) is 0 Å². The van der Waals surface area contributed by atoms with Crippen LogP contribution in [0, 0.1) is 5.92 Å². The summed E-state index contributed by atoms with van der Waals surface area (Å²) >= 11 is 5.85. The van der Waals surface area contributed by atoms with E-state index in [0.717, 1.165) is 17.1 Å². The first-order valence-electron chi connectivity index (χ1n) is 6.66. The largest absolute Gasteiger partial charge is 0.459 e. The minimum absolute atomic E-state index is 0.0458. The molecule has 0 saturated heterocycles. The quantitative estimate of drug-likeness (QED) is 0.894. The highest BCUT2D eigenvalue weighted by Crippen LogP contribution is 2.23. The standard InChI is InChI=1S/C16H18ClNO2/c1-11(2)9-16(19)18-10-14-7-8-15(20-14)12-3-5-13(17)6-4-12/h3-8,11H,9-10H2,1-2H3,(H,18,19). The van der Waals surface area contributed by atoms with Crippen molar-refractivity contribution in [3.63, 3.8) is 0 Å². The summed E-state index contributed by atoms with van der Waals surface area (Å²) in [7, 11) is 0. The van der Waals surface area contributed by atoms with Crippen LogP contribution >= 0.6 is 11.6 Å². The van der Waals surface area contributed by atoms with Gasteiger partial charge in [-0.1, -0.05) is 25.4 Å². The number of hydrogen-bond acceptors (Lipinski definition) is 2. The Labute approximate surface area is 123 Å². The molecule has 2 aromatic rings. The number of carbonyl (C=O) groups is 1. The van der Waals surface area contributed by atoms with Gasteiger partial charge in [0.2, 0.25) is 5.91 Å². The third kappa shape index (κ3) is 4.14. The lowest BCUT2D eigenvalue weighted by molar-refractivity contribution is -0.122. The Hall–Kier alpha value is -1.74. The van der Waals surface area contributed by atoms with Gasteiger partial charge < -0.3 is 9.73 Å². The molecule has 2 rings (SSSR count). The smallest absolute Gasteiger partial charge is 0.220 e. The van der Waals surface area contributed by atoms with Crippen molar-refractivity contribution in [3.8, 4) is 11.3 Å². The van der Waals surface area contributed by atoms with E-state index in [9.17, 15) is 4.79 Å². The normalized spacial score (nSPS) is 10.8. The van der Waals surface area contributed by atoms with Gasteiger partial charge in [-0.15, -0.1) is 0 Å². The number of nitrogens with one attached hydrogen (secondary N) is 1. The summed E-state index contributed by atoms with van der Waals surface area (Å²) in [5.74, 6) is 1.92. The number of hydrogen-bond donors (Lipinski definition) is 1. The Kier molecular flexibility index (Phi) is 4.85. The zero-order valence-corrected chi connectivity index (χ0v) is 12.4. The third-order valence-electron chi connectivity index (χ3n) is 2.84. The number of carbonyl (C=O) groups excluding carboxylic acids is 1. The van der Waals surface area contributed by atoms with Gasteiger partial charge in [0.1, 0.15) is 11.5 Å². The van der Waals surface area contributed by atoms with Crippen LogP contribution in [0.4, 0.5) is 0 Å². The van der Waals surface area contributed by atoms with Gasteiger partial charge in [0.15, 0.2) is 0 Å². The highest BCUT2D eigenvalue weighted by molar-refractivity contribution is 6.30. The summed E-state index contributed by atoms with van der Waals surface area (Å²) in [4.78, 5) is 11.6. The predicted octanol–water partition coefficient (Wildman–Crippen LogP) is 4.26. The Bertz CT molecular complexity index is 572. The SMILES string of the molecule is CC(C)CC(=O)NCc1ccc(-c2ccc(Cl)cc2)o1. The van der Waals surface area contributed by atoms with Gasteiger partial charge >= 0.3 is 0 Å². The van der Waals surface area contributed by atoms with Crippen LogP contribution in [0.15, 0.2) is 40.8 Å². The van der Waals surface area contributed by atoms with Gasteiger partial charge in [-0.05, 0) is 42.3 Å². The zero-order valence-electron chi connectivity index (χ0n) is 11.7. The second-order valence-corrected chi connectivity index (χ2v) is 5.58. The topological polar surface area (TPSA) is 42.2 Å². The molecule has 0 spiro atoms. The van der Waals surface area contributed by atoms with Crippen molar-refractivity contribution in [2.24, 2.45) is 5.92 Å². The Balaban J connectivity index is 1.95. The Morgan fingerprint density at radius 2 is 1.90 bits per heavy atom. The van der Waals surface area contributed by atoms with E-state index in [1.807, 2.05) is 50.2 Å². The second-order valence-electron chi connectivity index (χ2n) is 5.15. The summed E-state index contributed by atoms with van der Waals surface area (Å²) in [5.41, 5.74) is 0.967. The van der Waals surface area contributed by atoms with Crippen molar-refractivity contribution in [1.82, 2.24) is 5.32 Å². The fourth-order valence-electron chi connectivity index (χ4n) is 1.87. The van der Waals surface area contributed by atoms with Gasteiger partial charge in [-0.3, -0.25) is 4.79 Å². The first-order chi connectivity index (χ1) is 9.54. The molecular weight excluding hydrogens is 274 g/mol. The van der Waals surface area contributed by atoms with Crippen LogP contribution in [0.3, 0.4) is 0 Å². The summed E-state index contributed by atoms with van der Waals surface area (Å²) in [6.45, 7) is 4.45. The van der Waals surface area contributed by atoms with Crippen LogP contribution in [-0.4, -0.2) is 5.91 Å². The van der Waals surface area contributed by atoms with Crippen LogP contribution in [0.1, 0.15) is 26.0 Å². The molecule has 1 amide bonds. The van der Waals surface area contributed by atoms with Crippen LogP contribution in [-0.2, 0) is 11.3 Å². The molecule has 0 unspecified atom stereocenters. The molecule has 0 aliphatic carbocycles. The molecule has 0 aliphatic rings. The Morgan fingerprint density at radius 1 is 1.20 bits per heavy atom. The van der Waals surface area contributed by atoms with E-state index in [0.29, 0.717) is 23.9 Å². The average Bonchev–Trinajstić information content (AvgIpc) is 2.85. The summed E-state index contributed by atoms with van der Waals surface area (Å²) in [5, 5.41) is 3.55. The molecule has 1 heterocycles. The van der Waals surface area contributed by atoms with Gasteiger partial charge in [-0.2, -0.15) is 0 Å². The molecule has 4 heteroatoms. The van der Waals surface area contributed by atoms with Gasteiger partial charge in [-0.25, -0.2) is 0 Å². The molecule has 0 bridgehead atoms. The van der Waals surface area contributed by atoms with E-state index < -0.39 is 0 Å². The van der Waals surface area contributed by atoms with Crippen molar-refractivity contribution < 1.29 is 9.21 Å². The predicted molar refractivity (Wildman–Crippen MR) is 80.5 cm³/mol. The first-order valence-corrected chi connectivity index (χ1v) is 7.03. The number of benzene rings is 1. The molecule has 0 radical (unpaired) electrons. The molecule has 1 aromatic heterocycles. The molecular formula is C16H18ClNO2. The number of furan rings is 1. The maximum Gasteiger partial charge on any atom is 0.220 e. The second kappa shape index (κ2) is 6.62. The number of halogens is 1. The molecule has 106 valence electrons. The van der Waals surface area contributed by atoms with Gasteiger partial charge in [0.05, 0.1) is 6.54 Å². The monoisotopic (exact) mass is 291 g/mol. The summed E-state index contributed by atoms with van der Waals surface area (Å²) in [6.07, 6.45) is 0.532. The lowest BCUT2D eigenvalue weighted by atomic mass is 10.1. The van der Waals surface area contributed by atoms with Crippen LogP contribution in [0.5, 0.6) is 0 Å². The molecule has 0 aliphatic heterocycles. The lowest BCUT2D eigenvalue weighted by Crippen LogP contribution is -2.23. The van der Waals surface area contributed by atoms with E-state index in [2.05, 4.69) is 5.32 Å². The molecule has 0 saturated carbocycles. The van der Waals surface area contributed by atoms with Crippen molar-refractivity contribution in [3.05, 3.63) is 47.2 Å². The first kappa shape index (κ1) is 14.7. The maximum absolute atomic E-state index is 11.6. The highest BCUT2D eigenvalue weighted by atomic mass is 35.5. The van der Waals surface area contributed by atoms with Gasteiger partial charge in [0, 0.05) is 17.0 Å². The van der Waals surface area contributed by atoms with E-state index in [1.165, 1.54) is 0 Å². The molecule has 1 aromatic carbocycles. The average molecular weight is 292 g/mol. The van der Waals surface area contributed by atoms with Crippen molar-refractivity contribution >= 4 is 17.5 Å².